The van der Waals surface area contributed by atoms with E-state index in [1.807, 2.05) is 11.4 Å². The van der Waals surface area contributed by atoms with Crippen LogP contribution in [-0.2, 0) is 4.79 Å². The van der Waals surface area contributed by atoms with Gasteiger partial charge in [-0.3, -0.25) is 4.79 Å². The van der Waals surface area contributed by atoms with E-state index in [-0.39, 0.29) is 17.8 Å². The number of aromatic nitrogens is 1. The molecule has 2 aromatic rings. The molecule has 6 heteroatoms. The number of hydrogen-bond donors (Lipinski definition) is 1. The Hall–Kier alpha value is -2.21. The van der Waals surface area contributed by atoms with E-state index in [2.05, 4.69) is 15.2 Å². The van der Waals surface area contributed by atoms with Gasteiger partial charge in [-0.2, -0.15) is 0 Å². The number of amides is 1. The molecular weight excluding hydrogens is 313 g/mol. The molecule has 1 atom stereocenters. The largest absolute Gasteiger partial charge is 0.369 e. The van der Waals surface area contributed by atoms with Crippen molar-refractivity contribution in [2.24, 2.45) is 0 Å². The number of piperidine rings is 1. The highest BCUT2D eigenvalue weighted by Crippen LogP contribution is 2.20. The lowest BCUT2D eigenvalue weighted by molar-refractivity contribution is -0.117. The number of rotatable bonds is 4. The topological polar surface area (TPSA) is 45.2 Å². The van der Waals surface area contributed by atoms with E-state index in [1.165, 1.54) is 29.5 Å². The second-order valence-electron chi connectivity index (χ2n) is 5.52. The molecular formula is C17H18FN3OS. The first kappa shape index (κ1) is 15.7. The van der Waals surface area contributed by atoms with Crippen LogP contribution in [0, 0.1) is 5.82 Å². The number of carbonyl (C=O) groups is 1. The van der Waals surface area contributed by atoms with Gasteiger partial charge in [-0.05, 0) is 37.1 Å². The van der Waals surface area contributed by atoms with Crippen molar-refractivity contribution >= 4 is 29.0 Å². The van der Waals surface area contributed by atoms with Gasteiger partial charge in [0.1, 0.15) is 5.82 Å². The van der Waals surface area contributed by atoms with E-state index >= 15 is 0 Å². The molecule has 1 aliphatic rings. The molecule has 0 unspecified atom stereocenters. The van der Waals surface area contributed by atoms with Crippen LogP contribution in [0.5, 0.6) is 0 Å². The number of anilines is 1. The summed E-state index contributed by atoms with van der Waals surface area (Å²) in [6.45, 7) is 1.57. The number of nitrogens with zero attached hydrogens (tertiary/aromatic N) is 2. The maximum absolute atomic E-state index is 13.4. The lowest BCUT2D eigenvalue weighted by Crippen LogP contribution is -2.47. The summed E-state index contributed by atoms with van der Waals surface area (Å²) in [5.74, 6) is -0.357. The van der Waals surface area contributed by atoms with Gasteiger partial charge in [0.15, 0.2) is 0 Å². The van der Waals surface area contributed by atoms with Crippen molar-refractivity contribution in [3.8, 4) is 0 Å². The molecule has 0 saturated carbocycles. The predicted octanol–water partition coefficient (Wildman–Crippen LogP) is 3.08. The highest BCUT2D eigenvalue weighted by Gasteiger charge is 2.21. The molecule has 0 bridgehead atoms. The third kappa shape index (κ3) is 4.39. The van der Waals surface area contributed by atoms with Crippen molar-refractivity contribution in [2.75, 3.05) is 18.0 Å². The highest BCUT2D eigenvalue weighted by molar-refractivity contribution is 7.07. The van der Waals surface area contributed by atoms with Crippen molar-refractivity contribution in [1.29, 1.82) is 0 Å². The number of halogens is 1. The van der Waals surface area contributed by atoms with Gasteiger partial charge in [0.05, 0.1) is 11.2 Å². The standard InChI is InChI=1S/C17H18FN3OS/c18-13-3-1-5-16(9-13)21-8-2-4-14(10-21)20-17(22)7-6-15-11-23-12-19-15/h1,3,5-7,9,11-12,14H,2,4,8,10H2,(H,20,22)/b7-6-/t14-/m1/s1. The Kier molecular flexibility index (Phi) is 5.02. The maximum Gasteiger partial charge on any atom is 0.244 e. The molecule has 0 radical (unpaired) electrons. The van der Waals surface area contributed by atoms with Gasteiger partial charge in [0.25, 0.3) is 0 Å². The third-order valence-electron chi connectivity index (χ3n) is 3.80. The minimum Gasteiger partial charge on any atom is -0.369 e. The minimum absolute atomic E-state index is 0.0691. The first-order chi connectivity index (χ1) is 11.2. The molecule has 0 spiro atoms. The average Bonchev–Trinajstić information content (AvgIpc) is 3.07. The zero-order chi connectivity index (χ0) is 16.1. The molecule has 2 heterocycles. The van der Waals surface area contributed by atoms with Gasteiger partial charge in [0, 0.05) is 36.3 Å². The van der Waals surface area contributed by atoms with Crippen molar-refractivity contribution in [3.05, 3.63) is 52.7 Å². The normalized spacial score (nSPS) is 18.3. The third-order valence-corrected chi connectivity index (χ3v) is 4.40. The van der Waals surface area contributed by atoms with Crippen LogP contribution in [0.25, 0.3) is 6.08 Å². The maximum atomic E-state index is 13.4. The van der Waals surface area contributed by atoms with Crippen LogP contribution in [-0.4, -0.2) is 30.0 Å². The van der Waals surface area contributed by atoms with E-state index in [0.717, 1.165) is 30.8 Å². The molecule has 1 aromatic carbocycles. The van der Waals surface area contributed by atoms with E-state index in [4.69, 9.17) is 0 Å². The molecule has 4 nitrogen and oxygen atoms in total. The van der Waals surface area contributed by atoms with E-state index in [1.54, 1.807) is 17.7 Å². The molecule has 1 fully saturated rings. The Morgan fingerprint density at radius 2 is 2.39 bits per heavy atom. The molecule has 1 aliphatic heterocycles. The average molecular weight is 331 g/mol. The van der Waals surface area contributed by atoms with Crippen molar-refractivity contribution < 1.29 is 9.18 Å². The quantitative estimate of drug-likeness (QED) is 0.876. The van der Waals surface area contributed by atoms with Crippen LogP contribution in [0.15, 0.2) is 41.2 Å². The van der Waals surface area contributed by atoms with Crippen molar-refractivity contribution in [1.82, 2.24) is 10.3 Å². The highest BCUT2D eigenvalue weighted by atomic mass is 32.1. The van der Waals surface area contributed by atoms with Gasteiger partial charge in [-0.15, -0.1) is 11.3 Å². The fourth-order valence-corrected chi connectivity index (χ4v) is 3.24. The second-order valence-corrected chi connectivity index (χ2v) is 6.24. The summed E-state index contributed by atoms with van der Waals surface area (Å²) in [5, 5.41) is 4.90. The molecule has 23 heavy (non-hydrogen) atoms. The Morgan fingerprint density at radius 1 is 1.48 bits per heavy atom. The molecule has 0 aliphatic carbocycles. The van der Waals surface area contributed by atoms with Crippen LogP contribution in [0.4, 0.5) is 10.1 Å². The second kappa shape index (κ2) is 7.37. The summed E-state index contributed by atoms with van der Waals surface area (Å²) in [6.07, 6.45) is 5.12. The van der Waals surface area contributed by atoms with Gasteiger partial charge >= 0.3 is 0 Å². The number of carbonyl (C=O) groups excluding carboxylic acids is 1. The fraction of sp³-hybridized carbons (Fsp3) is 0.294. The van der Waals surface area contributed by atoms with Crippen LogP contribution in [0.3, 0.4) is 0 Å². The summed E-state index contributed by atoms with van der Waals surface area (Å²) >= 11 is 1.49. The van der Waals surface area contributed by atoms with Crippen molar-refractivity contribution in [2.45, 2.75) is 18.9 Å². The van der Waals surface area contributed by atoms with Gasteiger partial charge in [-0.25, -0.2) is 9.37 Å². The molecule has 120 valence electrons. The zero-order valence-corrected chi connectivity index (χ0v) is 13.4. The molecule has 1 N–H and O–H groups in total. The summed E-state index contributed by atoms with van der Waals surface area (Å²) in [5.41, 5.74) is 3.38. The summed E-state index contributed by atoms with van der Waals surface area (Å²) in [7, 11) is 0. The Bertz CT molecular complexity index is 687. The number of thiazole rings is 1. The van der Waals surface area contributed by atoms with Crippen LogP contribution in [0.1, 0.15) is 18.5 Å². The SMILES string of the molecule is O=C(/C=C\c1cscn1)N[C@@H]1CCCN(c2cccc(F)c2)C1. The summed E-state index contributed by atoms with van der Waals surface area (Å²) < 4.78 is 13.4. The fourth-order valence-electron chi connectivity index (χ4n) is 2.72. The van der Waals surface area contributed by atoms with Gasteiger partial charge in [-0.1, -0.05) is 6.07 Å². The molecule has 1 aromatic heterocycles. The predicted molar refractivity (Wildman–Crippen MR) is 90.9 cm³/mol. The van der Waals surface area contributed by atoms with E-state index in [9.17, 15) is 9.18 Å². The minimum atomic E-state index is -0.236. The lowest BCUT2D eigenvalue weighted by atomic mass is 10.0. The molecule has 3 rings (SSSR count). The van der Waals surface area contributed by atoms with Crippen molar-refractivity contribution in [3.63, 3.8) is 0 Å². The Labute approximate surface area is 138 Å². The zero-order valence-electron chi connectivity index (χ0n) is 12.6. The van der Waals surface area contributed by atoms with E-state index < -0.39 is 0 Å². The van der Waals surface area contributed by atoms with Gasteiger partial charge in [0.2, 0.25) is 5.91 Å². The smallest absolute Gasteiger partial charge is 0.244 e. The number of hydrogen-bond acceptors (Lipinski definition) is 4. The monoisotopic (exact) mass is 331 g/mol. The first-order valence-electron chi connectivity index (χ1n) is 7.58. The first-order valence-corrected chi connectivity index (χ1v) is 8.52. The van der Waals surface area contributed by atoms with Gasteiger partial charge < -0.3 is 10.2 Å². The number of nitrogens with one attached hydrogen (secondary N) is 1. The van der Waals surface area contributed by atoms with Crippen LogP contribution < -0.4 is 10.2 Å². The summed E-state index contributed by atoms with van der Waals surface area (Å²) in [6, 6.07) is 6.65. The Balaban J connectivity index is 1.57. The molecule has 1 amide bonds. The Morgan fingerprint density at radius 3 is 3.17 bits per heavy atom. The number of benzene rings is 1. The van der Waals surface area contributed by atoms with E-state index in [0.29, 0.717) is 6.54 Å². The van der Waals surface area contributed by atoms with Crippen LogP contribution >= 0.6 is 11.3 Å². The lowest BCUT2D eigenvalue weighted by Gasteiger charge is -2.34. The summed E-state index contributed by atoms with van der Waals surface area (Å²) in [4.78, 5) is 18.2. The molecule has 1 saturated heterocycles. The van der Waals surface area contributed by atoms with Crippen LogP contribution in [0.2, 0.25) is 0 Å².